The number of ether oxygens (including phenoxy) is 6. The fourth-order valence-corrected chi connectivity index (χ4v) is 10.2. The maximum absolute atomic E-state index is 13.3. The minimum Gasteiger partial charge on any atom is -0.477 e. The average Bonchev–Trinajstić information content (AvgIpc) is 3.48. The van der Waals surface area contributed by atoms with Crippen LogP contribution in [0.15, 0.2) is 36.5 Å². The Morgan fingerprint density at radius 2 is 1.20 bits per heavy atom. The molecule has 0 radical (unpaired) electrons. The number of carbonyl (C=O) groups excluding carboxylic acids is 2. The van der Waals surface area contributed by atoms with Gasteiger partial charge in [0, 0.05) is 19.8 Å². The zero-order chi connectivity index (χ0) is 59.7. The molecule has 18 atom stereocenters. The molecule has 0 bridgehead atoms. The van der Waals surface area contributed by atoms with Crippen LogP contribution in [0.3, 0.4) is 0 Å². The van der Waals surface area contributed by atoms with E-state index in [1.807, 2.05) is 6.08 Å². The van der Waals surface area contributed by atoms with Gasteiger partial charge < -0.3 is 100 Å². The molecule has 2 amide bonds. The molecule has 81 heavy (non-hydrogen) atoms. The average molecular weight is 1160 g/mol. The second-order valence-electron chi connectivity index (χ2n) is 21.9. The Balaban J connectivity index is 1.66. The van der Waals surface area contributed by atoms with Gasteiger partial charge in [0.1, 0.15) is 67.1 Å². The first-order chi connectivity index (χ1) is 38.9. The zero-order valence-corrected chi connectivity index (χ0v) is 48.1. The molecule has 3 heterocycles. The van der Waals surface area contributed by atoms with Gasteiger partial charge in [-0.25, -0.2) is 4.79 Å². The molecule has 0 aromatic rings. The summed E-state index contributed by atoms with van der Waals surface area (Å²) < 4.78 is 34.6. The lowest BCUT2D eigenvalue weighted by Gasteiger charge is -2.50. The van der Waals surface area contributed by atoms with Crippen LogP contribution in [0, 0.1) is 0 Å². The molecule has 3 aliphatic heterocycles. The van der Waals surface area contributed by atoms with Crippen molar-refractivity contribution in [3.05, 3.63) is 36.5 Å². The maximum Gasteiger partial charge on any atom is 0.364 e. The first kappa shape index (κ1) is 72.2. The van der Waals surface area contributed by atoms with Crippen LogP contribution in [0.1, 0.15) is 175 Å². The van der Waals surface area contributed by atoms with E-state index in [9.17, 15) is 75.7 Å². The number of allylic oxidation sites excluding steroid dienone is 5. The van der Waals surface area contributed by atoms with Crippen molar-refractivity contribution in [2.75, 3.05) is 26.4 Å². The van der Waals surface area contributed by atoms with E-state index in [4.69, 9.17) is 28.4 Å². The maximum atomic E-state index is 13.3. The lowest BCUT2D eigenvalue weighted by Crippen LogP contribution is -2.70. The third-order valence-corrected chi connectivity index (χ3v) is 15.1. The third-order valence-electron chi connectivity index (χ3n) is 15.1. The molecular weight excluding hydrogens is 1060 g/mol. The van der Waals surface area contributed by atoms with Crippen molar-refractivity contribution in [1.29, 1.82) is 0 Å². The number of hydrogen-bond acceptors (Lipinski definition) is 20. The number of unbranched alkanes of at least 4 members (excludes halogenated alkanes) is 18. The summed E-state index contributed by atoms with van der Waals surface area (Å²) >= 11 is 0. The highest BCUT2D eigenvalue weighted by Crippen LogP contribution is 2.38. The Morgan fingerprint density at radius 3 is 1.77 bits per heavy atom. The standard InChI is InChI=1S/C58H102N2O21/c1-4-6-8-10-12-14-16-17-18-19-20-21-22-24-26-28-30-32-45(68)60-39(40(65)31-29-27-25-23-15-13-11-9-7-5-2)37-76-55-50(72)49(71)52(44(36-63)78-55)79-56-51(73)54(48(70)43(35-62)77-56)81-58(57(74)75)33-41(66)46(59-38(3)64)53(80-58)47(69)42(67)34-61/h12,14,17-18,29,31,39-44,46-56,61-63,65-67,69-73H,4-11,13,15-16,19-28,30,32-37H2,1-3H3,(H,59,64)(H,60,68)(H,74,75)/b14-12-,18-17-,31-29+. The molecule has 23 heteroatoms. The number of carboxylic acids is 1. The van der Waals surface area contributed by atoms with E-state index in [0.29, 0.717) is 12.8 Å². The first-order valence-electron chi connectivity index (χ1n) is 29.9. The predicted octanol–water partition coefficient (Wildman–Crippen LogP) is 2.33. The van der Waals surface area contributed by atoms with E-state index in [-0.39, 0.29) is 12.3 Å². The van der Waals surface area contributed by atoms with Crippen molar-refractivity contribution < 1.29 is 104 Å². The quantitative estimate of drug-likeness (QED) is 0.0308. The van der Waals surface area contributed by atoms with Crippen LogP contribution in [0.2, 0.25) is 0 Å². The summed E-state index contributed by atoms with van der Waals surface area (Å²) in [4.78, 5) is 38.3. The molecule has 0 aromatic carbocycles. The molecule has 0 aliphatic carbocycles. The third kappa shape index (κ3) is 24.8. The van der Waals surface area contributed by atoms with E-state index in [1.165, 1.54) is 44.9 Å². The van der Waals surface area contributed by atoms with Gasteiger partial charge in [-0.3, -0.25) is 9.59 Å². The van der Waals surface area contributed by atoms with Crippen LogP contribution >= 0.6 is 0 Å². The van der Waals surface area contributed by atoms with E-state index in [1.54, 1.807) is 6.08 Å². The number of hydrogen-bond donors (Lipinski definition) is 14. The normalized spacial score (nSPS) is 30.7. The van der Waals surface area contributed by atoms with Crippen LogP contribution in [0.25, 0.3) is 0 Å². The molecule has 18 unspecified atom stereocenters. The number of carbonyl (C=O) groups is 3. The number of amides is 2. The second kappa shape index (κ2) is 40.3. The summed E-state index contributed by atoms with van der Waals surface area (Å²) in [6.45, 7) is 2.02. The first-order valence-corrected chi connectivity index (χ1v) is 29.9. The van der Waals surface area contributed by atoms with Gasteiger partial charge in [0.05, 0.1) is 50.7 Å². The molecule has 3 aliphatic rings. The largest absolute Gasteiger partial charge is 0.477 e. The van der Waals surface area contributed by atoms with Crippen molar-refractivity contribution in [3.63, 3.8) is 0 Å². The van der Waals surface area contributed by atoms with E-state index in [2.05, 4.69) is 48.8 Å². The van der Waals surface area contributed by atoms with E-state index >= 15 is 0 Å². The Hall–Kier alpha value is -3.05. The summed E-state index contributed by atoms with van der Waals surface area (Å²) in [5.74, 6) is -6.16. The molecule has 0 spiro atoms. The summed E-state index contributed by atoms with van der Waals surface area (Å²) in [5, 5.41) is 135. The molecule has 0 saturated carbocycles. The van der Waals surface area contributed by atoms with Gasteiger partial charge in [-0.1, -0.05) is 140 Å². The minimum absolute atomic E-state index is 0.189. The summed E-state index contributed by atoms with van der Waals surface area (Å²) in [5.41, 5.74) is 0. The van der Waals surface area contributed by atoms with Gasteiger partial charge in [-0.05, 0) is 51.4 Å². The fourth-order valence-electron chi connectivity index (χ4n) is 10.2. The monoisotopic (exact) mass is 1160 g/mol. The summed E-state index contributed by atoms with van der Waals surface area (Å²) in [7, 11) is 0. The van der Waals surface area contributed by atoms with Crippen molar-refractivity contribution in [1.82, 2.24) is 10.6 Å². The molecule has 0 aromatic heterocycles. The van der Waals surface area contributed by atoms with Crippen LogP contribution in [0.4, 0.5) is 0 Å². The molecule has 14 N–H and O–H groups in total. The number of aliphatic carboxylic acids is 1. The number of aliphatic hydroxyl groups excluding tert-OH is 11. The lowest BCUT2D eigenvalue weighted by atomic mass is 9.88. The van der Waals surface area contributed by atoms with Gasteiger partial charge in [-0.2, -0.15) is 0 Å². The Morgan fingerprint density at radius 1 is 0.654 bits per heavy atom. The topological polar surface area (TPSA) is 373 Å². The highest BCUT2D eigenvalue weighted by atomic mass is 16.8. The zero-order valence-electron chi connectivity index (χ0n) is 48.1. The van der Waals surface area contributed by atoms with Crippen molar-refractivity contribution in [2.45, 2.75) is 285 Å². The van der Waals surface area contributed by atoms with Crippen LogP contribution in [0.5, 0.6) is 0 Å². The van der Waals surface area contributed by atoms with Crippen LogP contribution in [-0.4, -0.2) is 215 Å². The molecule has 3 rings (SSSR count). The fraction of sp³-hybridized carbons (Fsp3) is 0.845. The SMILES string of the molecule is CCCCC/C=C\C/C=C\CCCCCCCCCC(=O)NC(COC1OC(CO)C(OC2OC(CO)C(O)C(OC3(C(=O)O)CC(O)C(NC(C)=O)C(C(O)C(O)CO)O3)C2O)C(O)C1O)C(O)/C=C/CCCCCCCCCC. The molecule has 23 nitrogen and oxygen atoms in total. The summed E-state index contributed by atoms with van der Waals surface area (Å²) in [6.07, 6.45) is 6.55. The predicted molar refractivity (Wildman–Crippen MR) is 297 cm³/mol. The number of aliphatic hydroxyl groups is 11. The number of carboxylic acid groups (broad SMARTS) is 1. The van der Waals surface area contributed by atoms with Crippen molar-refractivity contribution in [2.24, 2.45) is 0 Å². The Labute approximate surface area is 478 Å². The molecule has 470 valence electrons. The van der Waals surface area contributed by atoms with Gasteiger partial charge in [-0.15, -0.1) is 0 Å². The van der Waals surface area contributed by atoms with Gasteiger partial charge in [0.25, 0.3) is 5.79 Å². The second-order valence-corrected chi connectivity index (χ2v) is 21.9. The minimum atomic E-state index is -3.08. The highest BCUT2D eigenvalue weighted by molar-refractivity contribution is 5.77. The van der Waals surface area contributed by atoms with Crippen LogP contribution in [-0.2, 0) is 42.8 Å². The van der Waals surface area contributed by atoms with Gasteiger partial charge in [0.2, 0.25) is 11.8 Å². The van der Waals surface area contributed by atoms with Gasteiger partial charge >= 0.3 is 5.97 Å². The highest BCUT2D eigenvalue weighted by Gasteiger charge is 2.60. The smallest absolute Gasteiger partial charge is 0.364 e. The molecule has 3 saturated heterocycles. The summed E-state index contributed by atoms with van der Waals surface area (Å²) in [6, 6.07) is -2.62. The molecular formula is C58H102N2O21. The van der Waals surface area contributed by atoms with Crippen molar-refractivity contribution in [3.8, 4) is 0 Å². The van der Waals surface area contributed by atoms with E-state index in [0.717, 1.165) is 90.4 Å². The number of rotatable bonds is 42. The Kier molecular flexibility index (Phi) is 35.9. The molecule has 3 fully saturated rings. The number of nitrogens with one attached hydrogen (secondary N) is 2. The van der Waals surface area contributed by atoms with Crippen molar-refractivity contribution >= 4 is 17.8 Å². The Bertz CT molecular complexity index is 1810. The van der Waals surface area contributed by atoms with Gasteiger partial charge in [0.15, 0.2) is 12.6 Å². The van der Waals surface area contributed by atoms with Crippen LogP contribution < -0.4 is 10.6 Å². The lowest BCUT2D eigenvalue weighted by molar-refractivity contribution is -0.386. The van der Waals surface area contributed by atoms with E-state index < -0.39 is 155 Å².